The second kappa shape index (κ2) is 8.62. The van der Waals surface area contributed by atoms with E-state index in [9.17, 15) is 9.59 Å². The van der Waals surface area contributed by atoms with Crippen LogP contribution >= 0.6 is 0 Å². The molecule has 1 aromatic heterocycles. The van der Waals surface area contributed by atoms with Gasteiger partial charge in [0.15, 0.2) is 5.78 Å². The van der Waals surface area contributed by atoms with Gasteiger partial charge in [-0.15, -0.1) is 0 Å². The van der Waals surface area contributed by atoms with Gasteiger partial charge in [-0.2, -0.15) is 0 Å². The quantitative estimate of drug-likeness (QED) is 0.558. The van der Waals surface area contributed by atoms with Gasteiger partial charge in [0.2, 0.25) is 5.91 Å². The van der Waals surface area contributed by atoms with Crippen molar-refractivity contribution in [1.82, 2.24) is 0 Å². The van der Waals surface area contributed by atoms with E-state index in [0.29, 0.717) is 17.8 Å². The van der Waals surface area contributed by atoms with E-state index in [1.165, 1.54) is 5.56 Å². The van der Waals surface area contributed by atoms with E-state index >= 15 is 0 Å². The van der Waals surface area contributed by atoms with Crippen molar-refractivity contribution >= 4 is 28.8 Å². The highest BCUT2D eigenvalue weighted by Crippen LogP contribution is 2.44. The summed E-state index contributed by atoms with van der Waals surface area (Å²) in [6.07, 6.45) is 3.71. The van der Waals surface area contributed by atoms with Crippen LogP contribution in [0.15, 0.2) is 76.5 Å². The van der Waals surface area contributed by atoms with Crippen LogP contribution in [0.1, 0.15) is 42.2 Å². The van der Waals surface area contributed by atoms with Crippen LogP contribution in [0.2, 0.25) is 0 Å². The molecule has 6 heteroatoms. The number of allylic oxidation sites excluding steroid dienone is 1. The summed E-state index contributed by atoms with van der Waals surface area (Å²) in [6, 6.07) is 17.0. The predicted molar refractivity (Wildman–Crippen MR) is 129 cm³/mol. The highest BCUT2D eigenvalue weighted by Gasteiger charge is 2.38. The Morgan fingerprint density at radius 1 is 1.09 bits per heavy atom. The molecule has 33 heavy (non-hydrogen) atoms. The van der Waals surface area contributed by atoms with Gasteiger partial charge in [0.05, 0.1) is 24.2 Å². The number of furan rings is 1. The van der Waals surface area contributed by atoms with Gasteiger partial charge < -0.3 is 20.0 Å². The number of nitrogens with one attached hydrogen (secondary N) is 2. The number of nitrogens with zero attached hydrogens (tertiary/aromatic N) is 1. The summed E-state index contributed by atoms with van der Waals surface area (Å²) in [5.74, 6) is 0.588. The number of benzene rings is 2. The molecule has 0 spiro atoms. The number of anilines is 3. The molecule has 2 heterocycles. The number of Topliss-reactive ketones (excluding diaryl/α,β-unsaturated/α-hetero) is 1. The van der Waals surface area contributed by atoms with E-state index in [1.54, 1.807) is 6.26 Å². The Bertz CT molecular complexity index is 1240. The lowest BCUT2D eigenvalue weighted by atomic mass is 9.88. The zero-order chi connectivity index (χ0) is 22.9. The van der Waals surface area contributed by atoms with Crippen LogP contribution < -0.4 is 15.5 Å². The number of carbonyl (C=O) groups excluding carboxylic acids is 2. The van der Waals surface area contributed by atoms with E-state index in [4.69, 9.17) is 4.42 Å². The normalized spacial score (nSPS) is 17.7. The maximum Gasteiger partial charge on any atom is 0.243 e. The van der Waals surface area contributed by atoms with Gasteiger partial charge in [0.25, 0.3) is 0 Å². The van der Waals surface area contributed by atoms with E-state index in [2.05, 4.69) is 10.6 Å². The third-order valence-corrected chi connectivity index (χ3v) is 6.46. The fourth-order valence-corrected chi connectivity index (χ4v) is 4.69. The molecule has 1 aliphatic carbocycles. The van der Waals surface area contributed by atoms with E-state index in [1.807, 2.05) is 73.3 Å². The van der Waals surface area contributed by atoms with Crippen molar-refractivity contribution < 1.29 is 14.0 Å². The van der Waals surface area contributed by atoms with Gasteiger partial charge in [0, 0.05) is 23.4 Å². The first-order valence-corrected chi connectivity index (χ1v) is 11.3. The van der Waals surface area contributed by atoms with Crippen LogP contribution in [-0.4, -0.2) is 18.2 Å². The van der Waals surface area contributed by atoms with E-state index in [-0.39, 0.29) is 18.2 Å². The number of hydrogen-bond donors (Lipinski definition) is 2. The summed E-state index contributed by atoms with van der Waals surface area (Å²) in [4.78, 5) is 28.4. The third-order valence-electron chi connectivity index (χ3n) is 6.46. The van der Waals surface area contributed by atoms with Gasteiger partial charge in [-0.1, -0.05) is 18.2 Å². The summed E-state index contributed by atoms with van der Waals surface area (Å²) < 4.78 is 5.81. The summed E-state index contributed by atoms with van der Waals surface area (Å²) in [7, 11) is 0. The van der Waals surface area contributed by atoms with Crippen molar-refractivity contribution in [1.29, 1.82) is 0 Å². The largest absolute Gasteiger partial charge is 0.467 e. The Labute approximate surface area is 193 Å². The maximum atomic E-state index is 13.3. The zero-order valence-electron chi connectivity index (χ0n) is 18.9. The molecule has 6 nitrogen and oxygen atoms in total. The summed E-state index contributed by atoms with van der Waals surface area (Å²) >= 11 is 0. The Hall–Kier alpha value is -3.80. The van der Waals surface area contributed by atoms with Crippen LogP contribution in [-0.2, 0) is 9.59 Å². The Kier molecular flexibility index (Phi) is 5.50. The number of ketones is 1. The lowest BCUT2D eigenvalue weighted by Gasteiger charge is -2.33. The van der Waals surface area contributed by atoms with Gasteiger partial charge in [-0.05, 0) is 74.2 Å². The second-order valence-corrected chi connectivity index (χ2v) is 8.70. The van der Waals surface area contributed by atoms with Gasteiger partial charge in [-0.3, -0.25) is 9.59 Å². The molecule has 2 N–H and O–H groups in total. The first kappa shape index (κ1) is 21.1. The van der Waals surface area contributed by atoms with Crippen molar-refractivity contribution in [2.75, 3.05) is 22.1 Å². The SMILES string of the molecule is Cc1ccc(NC(=O)CN2c3ccccc3NC3=C(C(=O)CCC3)[C@H]2c2ccco2)cc1C. The molecule has 5 rings (SSSR count). The number of amides is 1. The maximum absolute atomic E-state index is 13.3. The van der Waals surface area contributed by atoms with E-state index in [0.717, 1.165) is 41.2 Å². The molecule has 0 fully saturated rings. The molecule has 0 bridgehead atoms. The van der Waals surface area contributed by atoms with Crippen molar-refractivity contribution in [2.24, 2.45) is 0 Å². The first-order valence-electron chi connectivity index (χ1n) is 11.3. The van der Waals surface area contributed by atoms with Crippen molar-refractivity contribution in [3.8, 4) is 0 Å². The third kappa shape index (κ3) is 4.04. The van der Waals surface area contributed by atoms with Crippen molar-refractivity contribution in [2.45, 2.75) is 39.2 Å². The summed E-state index contributed by atoms with van der Waals surface area (Å²) in [6.45, 7) is 4.14. The minimum absolute atomic E-state index is 0.0705. The molecule has 0 saturated heterocycles. The van der Waals surface area contributed by atoms with Gasteiger partial charge in [-0.25, -0.2) is 0 Å². The summed E-state index contributed by atoms with van der Waals surface area (Å²) in [5.41, 5.74) is 6.39. The fraction of sp³-hybridized carbons (Fsp3) is 0.259. The molecule has 1 atom stereocenters. The molecule has 0 unspecified atom stereocenters. The van der Waals surface area contributed by atoms with Crippen molar-refractivity contribution in [3.63, 3.8) is 0 Å². The molecule has 2 aliphatic rings. The molecular formula is C27H27N3O3. The molecule has 0 radical (unpaired) electrons. The standard InChI is InChI=1S/C27H27N3O3/c1-17-12-13-19(15-18(17)2)28-25(32)16-30-22-9-4-3-7-20(22)29-21-8-5-10-23(31)26(21)27(30)24-11-6-14-33-24/h3-4,6-7,9,11-15,27,29H,5,8,10,16H2,1-2H3,(H,28,32)/t27-/m1/s1. The smallest absolute Gasteiger partial charge is 0.243 e. The number of fused-ring (bicyclic) bond motifs is 1. The first-order chi connectivity index (χ1) is 16.0. The highest BCUT2D eigenvalue weighted by atomic mass is 16.3. The summed E-state index contributed by atoms with van der Waals surface area (Å²) in [5, 5.41) is 6.52. The molecule has 1 aliphatic heterocycles. The van der Waals surface area contributed by atoms with Crippen LogP contribution in [0.25, 0.3) is 0 Å². The van der Waals surface area contributed by atoms with Crippen molar-refractivity contribution in [3.05, 3.63) is 89.0 Å². The average molecular weight is 442 g/mol. The number of rotatable bonds is 4. The molecule has 0 saturated carbocycles. The van der Waals surface area contributed by atoms with Crippen LogP contribution in [0.4, 0.5) is 17.1 Å². The van der Waals surface area contributed by atoms with Crippen LogP contribution in [0.5, 0.6) is 0 Å². The number of aryl methyl sites for hydroxylation is 2. The fourth-order valence-electron chi connectivity index (χ4n) is 4.69. The number of carbonyl (C=O) groups is 2. The highest BCUT2D eigenvalue weighted by molar-refractivity contribution is 6.02. The molecule has 168 valence electrons. The number of para-hydroxylation sites is 2. The second-order valence-electron chi connectivity index (χ2n) is 8.70. The van der Waals surface area contributed by atoms with Crippen LogP contribution in [0, 0.1) is 13.8 Å². The lowest BCUT2D eigenvalue weighted by Crippen LogP contribution is -2.38. The van der Waals surface area contributed by atoms with E-state index < -0.39 is 6.04 Å². The Balaban J connectivity index is 1.56. The lowest BCUT2D eigenvalue weighted by molar-refractivity contribution is -0.117. The van der Waals surface area contributed by atoms with Gasteiger partial charge in [0.1, 0.15) is 11.8 Å². The van der Waals surface area contributed by atoms with Gasteiger partial charge >= 0.3 is 0 Å². The molecule has 3 aromatic rings. The molecule has 2 aromatic carbocycles. The van der Waals surface area contributed by atoms with Crippen LogP contribution in [0.3, 0.4) is 0 Å². The number of hydrogen-bond acceptors (Lipinski definition) is 5. The monoisotopic (exact) mass is 441 g/mol. The Morgan fingerprint density at radius 2 is 1.94 bits per heavy atom. The molecule has 1 amide bonds. The average Bonchev–Trinajstić information content (AvgIpc) is 3.28. The molecular weight excluding hydrogens is 414 g/mol. The minimum atomic E-state index is -0.482. The Morgan fingerprint density at radius 3 is 2.73 bits per heavy atom. The zero-order valence-corrected chi connectivity index (χ0v) is 18.9. The topological polar surface area (TPSA) is 74.6 Å². The predicted octanol–water partition coefficient (Wildman–Crippen LogP) is 5.52. The minimum Gasteiger partial charge on any atom is -0.467 e.